The first-order chi connectivity index (χ1) is 18.9. The second-order valence-corrected chi connectivity index (χ2v) is 12.2. The molecule has 13 heteroatoms. The van der Waals surface area contributed by atoms with E-state index in [4.69, 9.17) is 16.3 Å². The Labute approximate surface area is 242 Å². The maximum atomic E-state index is 12.9. The van der Waals surface area contributed by atoms with Crippen molar-refractivity contribution in [2.75, 3.05) is 51.1 Å². The summed E-state index contributed by atoms with van der Waals surface area (Å²) in [7, 11) is 0. The van der Waals surface area contributed by atoms with E-state index in [-0.39, 0.29) is 36.7 Å². The summed E-state index contributed by atoms with van der Waals surface area (Å²) in [5, 5.41) is 8.34. The van der Waals surface area contributed by atoms with Gasteiger partial charge >= 0.3 is 6.09 Å². The molecule has 2 N–H and O–H groups in total. The molecule has 1 unspecified atom stereocenters. The smallest absolute Gasteiger partial charge is 0.407 e. The van der Waals surface area contributed by atoms with Gasteiger partial charge in [0.05, 0.1) is 24.7 Å². The highest BCUT2D eigenvalue weighted by molar-refractivity contribution is 7.14. The lowest BCUT2D eigenvalue weighted by molar-refractivity contribution is -0.134. The molecule has 3 heterocycles. The zero-order valence-corrected chi connectivity index (χ0v) is 24.5. The molecule has 4 rings (SSSR count). The van der Waals surface area contributed by atoms with Gasteiger partial charge in [-0.2, -0.15) is 0 Å². The highest BCUT2D eigenvalue weighted by Crippen LogP contribution is 2.19. The van der Waals surface area contributed by atoms with Gasteiger partial charge in [0.1, 0.15) is 5.60 Å². The molecule has 0 spiro atoms. The second-order valence-electron chi connectivity index (χ2n) is 10.9. The van der Waals surface area contributed by atoms with Crippen molar-refractivity contribution in [2.45, 2.75) is 45.3 Å². The molecule has 0 saturated carbocycles. The number of piperazine rings is 1. The van der Waals surface area contributed by atoms with E-state index >= 15 is 0 Å². The molecule has 1 aromatic carbocycles. The van der Waals surface area contributed by atoms with Crippen molar-refractivity contribution >= 4 is 51.9 Å². The number of likely N-dealkylation sites (tertiary alicyclic amines) is 1. The zero-order valence-electron chi connectivity index (χ0n) is 22.9. The van der Waals surface area contributed by atoms with Gasteiger partial charge in [-0.1, -0.05) is 11.6 Å². The first-order valence-corrected chi connectivity index (χ1v) is 14.5. The molecule has 11 nitrogen and oxygen atoms in total. The normalized spacial score (nSPS) is 17.9. The predicted molar refractivity (Wildman–Crippen MR) is 153 cm³/mol. The minimum Gasteiger partial charge on any atom is -0.444 e. The van der Waals surface area contributed by atoms with E-state index in [1.807, 2.05) is 25.7 Å². The molecule has 0 aliphatic carbocycles. The third kappa shape index (κ3) is 8.64. The highest BCUT2D eigenvalue weighted by Gasteiger charge is 2.30. The number of aromatic nitrogens is 1. The number of carbonyl (C=O) groups is 4. The number of nitrogens with one attached hydrogen (secondary N) is 2. The molecule has 40 heavy (non-hydrogen) atoms. The Morgan fingerprint density at radius 2 is 1.73 bits per heavy atom. The third-order valence-corrected chi connectivity index (χ3v) is 7.62. The zero-order chi connectivity index (χ0) is 28.9. The second kappa shape index (κ2) is 13.0. The van der Waals surface area contributed by atoms with Crippen LogP contribution in [-0.4, -0.2) is 101 Å². The molecular weight excluding hydrogens is 556 g/mol. The van der Waals surface area contributed by atoms with Gasteiger partial charge in [-0.25, -0.2) is 9.78 Å². The molecule has 2 fully saturated rings. The lowest BCUT2D eigenvalue weighted by Crippen LogP contribution is -2.52. The largest absolute Gasteiger partial charge is 0.444 e. The Balaban J connectivity index is 1.16. The maximum absolute atomic E-state index is 12.9. The molecular formula is C27H35ClN6O5S. The maximum Gasteiger partial charge on any atom is 0.407 e. The van der Waals surface area contributed by atoms with Crippen molar-refractivity contribution in [3.05, 3.63) is 45.9 Å². The van der Waals surface area contributed by atoms with E-state index in [0.29, 0.717) is 67.1 Å². The summed E-state index contributed by atoms with van der Waals surface area (Å²) in [5.41, 5.74) is 0.499. The Hall–Kier alpha value is -3.22. The average Bonchev–Trinajstić information content (AvgIpc) is 3.53. The van der Waals surface area contributed by atoms with Crippen LogP contribution in [0, 0.1) is 0 Å². The third-order valence-electron chi connectivity index (χ3n) is 6.56. The van der Waals surface area contributed by atoms with Crippen molar-refractivity contribution in [3.63, 3.8) is 0 Å². The van der Waals surface area contributed by atoms with Gasteiger partial charge in [0.15, 0.2) is 5.13 Å². The summed E-state index contributed by atoms with van der Waals surface area (Å²) >= 11 is 7.14. The van der Waals surface area contributed by atoms with Crippen molar-refractivity contribution in [3.8, 4) is 0 Å². The standard InChI is InChI=1S/C27H35ClN6O5S/c1-27(2,3)39-26(38)30-20-8-9-34(15-20)23(36)16-32-10-12-33(13-11-32)22(35)14-21-17-40-25(29-21)31-24(37)18-4-6-19(28)7-5-18/h4-7,17,20H,8-16H2,1-3H3,(H,30,38)(H,29,31,37). The predicted octanol–water partition coefficient (Wildman–Crippen LogP) is 2.86. The topological polar surface area (TPSA) is 124 Å². The number of halogens is 1. The summed E-state index contributed by atoms with van der Waals surface area (Å²) in [5.74, 6) is -0.315. The molecule has 2 aliphatic rings. The first kappa shape index (κ1) is 29.8. The van der Waals surface area contributed by atoms with Crippen molar-refractivity contribution < 1.29 is 23.9 Å². The van der Waals surface area contributed by atoms with E-state index < -0.39 is 11.7 Å². The van der Waals surface area contributed by atoms with Gasteiger partial charge in [-0.05, 0) is 51.5 Å². The van der Waals surface area contributed by atoms with Gasteiger partial charge in [0.2, 0.25) is 11.8 Å². The Kier molecular flexibility index (Phi) is 9.64. The summed E-state index contributed by atoms with van der Waals surface area (Å²) < 4.78 is 5.30. The van der Waals surface area contributed by atoms with Crippen molar-refractivity contribution in [1.29, 1.82) is 0 Å². The van der Waals surface area contributed by atoms with Crippen LogP contribution in [0.15, 0.2) is 29.6 Å². The van der Waals surface area contributed by atoms with Gasteiger partial charge in [-0.3, -0.25) is 24.6 Å². The SMILES string of the molecule is CC(C)(C)OC(=O)NC1CCN(C(=O)CN2CCN(C(=O)Cc3csc(NC(=O)c4ccc(Cl)cc4)n3)CC2)C1. The minimum atomic E-state index is -0.568. The van der Waals surface area contributed by atoms with Crippen molar-refractivity contribution in [1.82, 2.24) is 25.0 Å². The highest BCUT2D eigenvalue weighted by atomic mass is 35.5. The summed E-state index contributed by atoms with van der Waals surface area (Å²) in [6, 6.07) is 6.44. The molecule has 4 amide bonds. The van der Waals surface area contributed by atoms with E-state index in [0.717, 1.165) is 0 Å². The van der Waals surface area contributed by atoms with Crippen LogP contribution in [-0.2, 0) is 20.7 Å². The number of carbonyl (C=O) groups excluding carboxylic acids is 4. The number of anilines is 1. The van der Waals surface area contributed by atoms with Gasteiger partial charge in [-0.15, -0.1) is 11.3 Å². The first-order valence-electron chi connectivity index (χ1n) is 13.2. The Morgan fingerprint density at radius 1 is 1.02 bits per heavy atom. The number of ether oxygens (including phenoxy) is 1. The number of alkyl carbamates (subject to hydrolysis) is 1. The van der Waals surface area contributed by atoms with Crippen LogP contribution in [0.3, 0.4) is 0 Å². The lowest BCUT2D eigenvalue weighted by Gasteiger charge is -2.35. The molecule has 2 aliphatic heterocycles. The summed E-state index contributed by atoms with van der Waals surface area (Å²) in [4.78, 5) is 60.1. The number of hydrogen-bond donors (Lipinski definition) is 2. The monoisotopic (exact) mass is 590 g/mol. The molecule has 2 saturated heterocycles. The van der Waals surface area contributed by atoms with E-state index in [1.165, 1.54) is 11.3 Å². The van der Waals surface area contributed by atoms with Crippen LogP contribution < -0.4 is 10.6 Å². The number of hydrogen-bond acceptors (Lipinski definition) is 8. The number of thiazole rings is 1. The average molecular weight is 591 g/mol. The molecule has 0 radical (unpaired) electrons. The Bertz CT molecular complexity index is 1220. The molecule has 0 bridgehead atoms. The van der Waals surface area contributed by atoms with E-state index in [1.54, 1.807) is 39.4 Å². The number of benzene rings is 1. The molecule has 1 atom stereocenters. The van der Waals surface area contributed by atoms with E-state index in [9.17, 15) is 19.2 Å². The van der Waals surface area contributed by atoms with Gasteiger partial charge in [0.25, 0.3) is 5.91 Å². The fraction of sp³-hybridized carbons (Fsp3) is 0.519. The van der Waals surface area contributed by atoms with E-state index in [2.05, 4.69) is 15.6 Å². The van der Waals surface area contributed by atoms with Gasteiger partial charge in [0, 0.05) is 55.2 Å². The van der Waals surface area contributed by atoms with Gasteiger partial charge < -0.3 is 19.9 Å². The van der Waals surface area contributed by atoms with Crippen LogP contribution >= 0.6 is 22.9 Å². The minimum absolute atomic E-state index is 0.0175. The Morgan fingerprint density at radius 3 is 2.40 bits per heavy atom. The molecule has 216 valence electrons. The van der Waals surface area contributed by atoms with Crippen LogP contribution in [0.5, 0.6) is 0 Å². The summed E-state index contributed by atoms with van der Waals surface area (Å²) in [6.45, 7) is 9.03. The number of amides is 4. The van der Waals surface area contributed by atoms with Crippen molar-refractivity contribution in [2.24, 2.45) is 0 Å². The quantitative estimate of drug-likeness (QED) is 0.508. The number of nitrogens with zero attached hydrogens (tertiary/aromatic N) is 4. The number of rotatable bonds is 7. The molecule has 2 aromatic rings. The molecule has 1 aromatic heterocycles. The summed E-state index contributed by atoms with van der Waals surface area (Å²) in [6.07, 6.45) is 0.367. The van der Waals surface area contributed by atoms with Crippen LogP contribution in [0.1, 0.15) is 43.2 Å². The van der Waals surface area contributed by atoms with Crippen LogP contribution in [0.2, 0.25) is 5.02 Å². The van der Waals surface area contributed by atoms with Crippen LogP contribution in [0.4, 0.5) is 9.93 Å². The lowest BCUT2D eigenvalue weighted by atomic mass is 10.2. The van der Waals surface area contributed by atoms with Crippen LogP contribution in [0.25, 0.3) is 0 Å². The fourth-order valence-electron chi connectivity index (χ4n) is 4.51. The fourth-order valence-corrected chi connectivity index (χ4v) is 5.34.